The molecule has 3 heterocycles. The highest BCUT2D eigenvalue weighted by Gasteiger charge is 2.24. The maximum Gasteiger partial charge on any atom is 0.335 e. The number of aromatic nitrogens is 3. The van der Waals surface area contributed by atoms with Crippen molar-refractivity contribution >= 4 is 17.1 Å². The number of nitrogens with one attached hydrogen (secondary N) is 1. The molecule has 0 unspecified atom stereocenters. The summed E-state index contributed by atoms with van der Waals surface area (Å²) in [6, 6.07) is 16.6. The van der Waals surface area contributed by atoms with Gasteiger partial charge in [-0.05, 0) is 66.9 Å². The van der Waals surface area contributed by atoms with E-state index in [0.717, 1.165) is 47.4 Å². The van der Waals surface area contributed by atoms with Crippen LogP contribution in [0.25, 0.3) is 28.0 Å². The lowest BCUT2D eigenvalue weighted by molar-refractivity contribution is 0.0697. The van der Waals surface area contributed by atoms with Gasteiger partial charge in [0.1, 0.15) is 0 Å². The van der Waals surface area contributed by atoms with Crippen LogP contribution in [0.3, 0.4) is 0 Å². The smallest absolute Gasteiger partial charge is 0.335 e. The average Bonchev–Trinajstić information content (AvgIpc) is 3.39. The van der Waals surface area contributed by atoms with E-state index in [1.54, 1.807) is 35.0 Å². The summed E-state index contributed by atoms with van der Waals surface area (Å²) in [5.41, 5.74) is 5.32. The van der Waals surface area contributed by atoms with Gasteiger partial charge in [0.15, 0.2) is 5.65 Å². The summed E-state index contributed by atoms with van der Waals surface area (Å²) < 4.78 is 3.54. The number of aromatic carboxylic acids is 1. The number of rotatable bonds is 4. The van der Waals surface area contributed by atoms with Crippen molar-refractivity contribution < 1.29 is 9.90 Å². The first-order chi connectivity index (χ1) is 15.0. The summed E-state index contributed by atoms with van der Waals surface area (Å²) >= 11 is 0. The number of aryl methyl sites for hydroxylation is 1. The van der Waals surface area contributed by atoms with Gasteiger partial charge in [0.05, 0.1) is 22.8 Å². The van der Waals surface area contributed by atoms with Crippen molar-refractivity contribution in [3.05, 3.63) is 82.4 Å². The van der Waals surface area contributed by atoms with Crippen molar-refractivity contribution in [2.75, 3.05) is 13.1 Å². The minimum absolute atomic E-state index is 0.0830. The second-order valence-corrected chi connectivity index (χ2v) is 7.92. The van der Waals surface area contributed by atoms with E-state index >= 15 is 0 Å². The predicted molar refractivity (Wildman–Crippen MR) is 119 cm³/mol. The molecule has 7 heteroatoms. The SMILES string of the molecule is Cc1cnc2c(c1)n(-c1ccc(-c3ccc(C(=O)O)cc3)cc1)c(=O)n2[C@H]1CCNC1. The molecule has 1 aliphatic rings. The molecule has 0 aliphatic carbocycles. The Morgan fingerprint density at radius 3 is 2.39 bits per heavy atom. The number of carbonyl (C=O) groups is 1. The second kappa shape index (κ2) is 7.52. The Kier molecular flexibility index (Phi) is 4.67. The largest absolute Gasteiger partial charge is 0.478 e. The quantitative estimate of drug-likeness (QED) is 0.534. The molecule has 7 nitrogen and oxygen atoms in total. The number of pyridine rings is 1. The Labute approximate surface area is 178 Å². The summed E-state index contributed by atoms with van der Waals surface area (Å²) in [6.45, 7) is 3.63. The molecule has 2 aromatic heterocycles. The fourth-order valence-corrected chi connectivity index (χ4v) is 4.24. The molecule has 4 aromatic rings. The molecule has 2 aromatic carbocycles. The summed E-state index contributed by atoms with van der Waals surface area (Å²) in [6.07, 6.45) is 2.70. The highest BCUT2D eigenvalue weighted by atomic mass is 16.4. The lowest BCUT2D eigenvalue weighted by atomic mass is 10.0. The van der Waals surface area contributed by atoms with E-state index in [0.29, 0.717) is 5.65 Å². The third-order valence-electron chi connectivity index (χ3n) is 5.84. The van der Waals surface area contributed by atoms with Gasteiger partial charge < -0.3 is 10.4 Å². The number of carboxylic acid groups (broad SMARTS) is 1. The maximum absolute atomic E-state index is 13.4. The highest BCUT2D eigenvalue weighted by Crippen LogP contribution is 2.25. The molecule has 1 aliphatic heterocycles. The van der Waals surface area contributed by atoms with Crippen molar-refractivity contribution in [2.24, 2.45) is 0 Å². The van der Waals surface area contributed by atoms with Crippen LogP contribution in [-0.2, 0) is 0 Å². The van der Waals surface area contributed by atoms with Crippen LogP contribution in [0.4, 0.5) is 0 Å². The third kappa shape index (κ3) is 3.33. The summed E-state index contributed by atoms with van der Waals surface area (Å²) in [7, 11) is 0. The zero-order valence-electron chi connectivity index (χ0n) is 17.1. The monoisotopic (exact) mass is 414 g/mol. The average molecular weight is 414 g/mol. The molecule has 0 spiro atoms. The number of hydrogen-bond donors (Lipinski definition) is 2. The molecule has 0 radical (unpaired) electrons. The van der Waals surface area contributed by atoms with Gasteiger partial charge in [-0.25, -0.2) is 14.6 Å². The van der Waals surface area contributed by atoms with Crippen LogP contribution in [0.1, 0.15) is 28.4 Å². The number of carboxylic acids is 1. The van der Waals surface area contributed by atoms with Gasteiger partial charge in [-0.2, -0.15) is 0 Å². The van der Waals surface area contributed by atoms with E-state index < -0.39 is 5.97 Å². The molecular formula is C24H22N4O3. The minimum Gasteiger partial charge on any atom is -0.478 e. The highest BCUT2D eigenvalue weighted by molar-refractivity contribution is 5.88. The van der Waals surface area contributed by atoms with Crippen molar-refractivity contribution in [2.45, 2.75) is 19.4 Å². The van der Waals surface area contributed by atoms with Crippen LogP contribution in [0.2, 0.25) is 0 Å². The van der Waals surface area contributed by atoms with Crippen LogP contribution in [0.15, 0.2) is 65.6 Å². The molecule has 1 atom stereocenters. The van der Waals surface area contributed by atoms with Crippen LogP contribution >= 0.6 is 0 Å². The van der Waals surface area contributed by atoms with Gasteiger partial charge in [-0.1, -0.05) is 24.3 Å². The van der Waals surface area contributed by atoms with E-state index in [2.05, 4.69) is 10.3 Å². The fraction of sp³-hybridized carbons (Fsp3) is 0.208. The Morgan fingerprint density at radius 1 is 1.10 bits per heavy atom. The normalized spacial score (nSPS) is 16.1. The van der Waals surface area contributed by atoms with Crippen LogP contribution in [-0.4, -0.2) is 38.3 Å². The summed E-state index contributed by atoms with van der Waals surface area (Å²) in [5, 5.41) is 12.4. The first-order valence-corrected chi connectivity index (χ1v) is 10.3. The number of benzene rings is 2. The van der Waals surface area contributed by atoms with E-state index in [4.69, 9.17) is 5.11 Å². The lowest BCUT2D eigenvalue weighted by Crippen LogP contribution is -2.28. The van der Waals surface area contributed by atoms with Gasteiger partial charge in [0.25, 0.3) is 0 Å². The molecule has 2 N–H and O–H groups in total. The van der Waals surface area contributed by atoms with E-state index in [-0.39, 0.29) is 17.3 Å². The first kappa shape index (κ1) is 19.3. The summed E-state index contributed by atoms with van der Waals surface area (Å²) in [5.74, 6) is -0.945. The van der Waals surface area contributed by atoms with Crippen LogP contribution < -0.4 is 11.0 Å². The molecule has 5 rings (SSSR count). The minimum atomic E-state index is -0.945. The molecule has 31 heavy (non-hydrogen) atoms. The number of fused-ring (bicyclic) bond motifs is 1. The van der Waals surface area contributed by atoms with Crippen molar-refractivity contribution in [3.63, 3.8) is 0 Å². The van der Waals surface area contributed by atoms with Crippen molar-refractivity contribution in [3.8, 4) is 16.8 Å². The molecule has 156 valence electrons. The van der Waals surface area contributed by atoms with Gasteiger partial charge in [0.2, 0.25) is 0 Å². The van der Waals surface area contributed by atoms with E-state index in [9.17, 15) is 9.59 Å². The number of hydrogen-bond acceptors (Lipinski definition) is 4. The van der Waals surface area contributed by atoms with E-state index in [1.807, 2.05) is 41.8 Å². The maximum atomic E-state index is 13.4. The van der Waals surface area contributed by atoms with Gasteiger partial charge in [0, 0.05) is 12.7 Å². The predicted octanol–water partition coefficient (Wildman–Crippen LogP) is 3.40. The molecular weight excluding hydrogens is 392 g/mol. The second-order valence-electron chi connectivity index (χ2n) is 7.92. The molecule has 1 saturated heterocycles. The van der Waals surface area contributed by atoms with Gasteiger partial charge >= 0.3 is 11.7 Å². The Morgan fingerprint density at radius 2 is 1.77 bits per heavy atom. The van der Waals surface area contributed by atoms with Gasteiger partial charge in [-0.3, -0.25) is 9.13 Å². The molecule has 0 amide bonds. The number of nitrogens with zero attached hydrogens (tertiary/aromatic N) is 3. The van der Waals surface area contributed by atoms with Crippen molar-refractivity contribution in [1.29, 1.82) is 0 Å². The number of imidazole rings is 1. The Bertz CT molecular complexity index is 1330. The van der Waals surface area contributed by atoms with Gasteiger partial charge in [-0.15, -0.1) is 0 Å². The Balaban J connectivity index is 1.59. The Hall–Kier alpha value is -3.71. The van der Waals surface area contributed by atoms with Crippen molar-refractivity contribution in [1.82, 2.24) is 19.4 Å². The van der Waals surface area contributed by atoms with E-state index in [1.165, 1.54) is 0 Å². The third-order valence-corrected chi connectivity index (χ3v) is 5.84. The zero-order chi connectivity index (χ0) is 21.5. The zero-order valence-corrected chi connectivity index (χ0v) is 17.1. The molecule has 1 fully saturated rings. The molecule has 0 saturated carbocycles. The standard InChI is InChI=1S/C24H22N4O3/c1-15-12-21-22(26-13-15)28(20-10-11-25-14-20)24(31)27(21)19-8-6-17(7-9-19)16-2-4-18(5-3-16)23(29)30/h2-9,12-13,20,25H,10-11,14H2,1H3,(H,29,30)/t20-/m0/s1. The fourth-order valence-electron chi connectivity index (χ4n) is 4.24. The molecule has 0 bridgehead atoms. The van der Waals surface area contributed by atoms with Crippen LogP contribution in [0, 0.1) is 6.92 Å². The lowest BCUT2D eigenvalue weighted by Gasteiger charge is -2.09. The topological polar surface area (TPSA) is 89.2 Å². The van der Waals surface area contributed by atoms with Crippen LogP contribution in [0.5, 0.6) is 0 Å². The first-order valence-electron chi connectivity index (χ1n) is 10.3. The summed E-state index contributed by atoms with van der Waals surface area (Å²) in [4.78, 5) is 29.1.